The highest BCUT2D eigenvalue weighted by atomic mass is 79.9. The molecule has 1 unspecified atom stereocenters. The third kappa shape index (κ3) is 4.36. The van der Waals surface area contributed by atoms with Crippen LogP contribution in [0.2, 0.25) is 0 Å². The van der Waals surface area contributed by atoms with Gasteiger partial charge >= 0.3 is 5.97 Å². The molecule has 1 aromatic carbocycles. The van der Waals surface area contributed by atoms with E-state index in [0.717, 1.165) is 4.47 Å². The number of ether oxygens (including phenoxy) is 1. The standard InChI is InChI=1S/C12H15BrO4/c1-2-17-11-5-3-8(13)7-9(11)10(14)4-6-12(15)16/h3,5,7,10,14H,2,4,6H2,1H3,(H,15,16). The second-order valence-electron chi connectivity index (χ2n) is 3.56. The monoisotopic (exact) mass is 302 g/mol. The molecule has 94 valence electrons. The molecule has 1 rings (SSSR count). The van der Waals surface area contributed by atoms with Crippen molar-refractivity contribution in [1.82, 2.24) is 0 Å². The van der Waals surface area contributed by atoms with Crippen molar-refractivity contribution >= 4 is 21.9 Å². The number of aliphatic carboxylic acids is 1. The fraction of sp³-hybridized carbons (Fsp3) is 0.417. The lowest BCUT2D eigenvalue weighted by Crippen LogP contribution is -2.05. The van der Waals surface area contributed by atoms with Crippen LogP contribution in [0.1, 0.15) is 31.4 Å². The molecule has 17 heavy (non-hydrogen) atoms. The molecule has 0 heterocycles. The molecule has 1 aromatic rings. The number of carboxylic acids is 1. The number of carbonyl (C=O) groups is 1. The Hall–Kier alpha value is -1.07. The SMILES string of the molecule is CCOc1ccc(Br)cc1C(O)CCC(=O)O. The minimum absolute atomic E-state index is 0.0702. The van der Waals surface area contributed by atoms with Crippen LogP contribution in [-0.4, -0.2) is 22.8 Å². The maximum Gasteiger partial charge on any atom is 0.303 e. The molecule has 2 N–H and O–H groups in total. The zero-order valence-corrected chi connectivity index (χ0v) is 11.1. The molecule has 0 fully saturated rings. The van der Waals surface area contributed by atoms with Gasteiger partial charge in [0.2, 0.25) is 0 Å². The van der Waals surface area contributed by atoms with Crippen molar-refractivity contribution < 1.29 is 19.7 Å². The molecule has 0 saturated heterocycles. The fourth-order valence-electron chi connectivity index (χ4n) is 1.48. The first-order valence-corrected chi connectivity index (χ1v) is 6.16. The van der Waals surface area contributed by atoms with Gasteiger partial charge in [0.15, 0.2) is 0 Å². The quantitative estimate of drug-likeness (QED) is 0.848. The van der Waals surface area contributed by atoms with E-state index >= 15 is 0 Å². The van der Waals surface area contributed by atoms with E-state index in [9.17, 15) is 9.90 Å². The molecular weight excluding hydrogens is 288 g/mol. The fourth-order valence-corrected chi connectivity index (χ4v) is 1.86. The first kappa shape index (κ1) is 14.0. The van der Waals surface area contributed by atoms with E-state index in [1.807, 2.05) is 13.0 Å². The smallest absolute Gasteiger partial charge is 0.303 e. The summed E-state index contributed by atoms with van der Waals surface area (Å²) >= 11 is 3.31. The zero-order chi connectivity index (χ0) is 12.8. The third-order valence-corrected chi connectivity index (χ3v) is 2.76. The number of aliphatic hydroxyl groups excluding tert-OH is 1. The molecule has 0 amide bonds. The lowest BCUT2D eigenvalue weighted by molar-refractivity contribution is -0.137. The second kappa shape index (κ2) is 6.61. The van der Waals surface area contributed by atoms with E-state index in [1.165, 1.54) is 0 Å². The van der Waals surface area contributed by atoms with Crippen molar-refractivity contribution in [3.63, 3.8) is 0 Å². The van der Waals surface area contributed by atoms with Crippen LogP contribution in [0.3, 0.4) is 0 Å². The molecule has 0 bridgehead atoms. The van der Waals surface area contributed by atoms with Crippen LogP contribution in [0.5, 0.6) is 5.75 Å². The molecule has 0 saturated carbocycles. The average Bonchev–Trinajstić information content (AvgIpc) is 2.28. The Kier molecular flexibility index (Phi) is 5.44. The number of carboxylic acid groups (broad SMARTS) is 1. The lowest BCUT2D eigenvalue weighted by atomic mass is 10.0. The van der Waals surface area contributed by atoms with Crippen molar-refractivity contribution in [2.75, 3.05) is 6.61 Å². The van der Waals surface area contributed by atoms with Crippen LogP contribution in [0.4, 0.5) is 0 Å². The Morgan fingerprint density at radius 3 is 2.82 bits per heavy atom. The van der Waals surface area contributed by atoms with Gasteiger partial charge in [-0.05, 0) is 31.5 Å². The normalized spacial score (nSPS) is 12.2. The van der Waals surface area contributed by atoms with E-state index in [-0.39, 0.29) is 12.8 Å². The van der Waals surface area contributed by atoms with E-state index in [4.69, 9.17) is 9.84 Å². The first-order valence-electron chi connectivity index (χ1n) is 5.36. The maximum atomic E-state index is 10.5. The topological polar surface area (TPSA) is 66.8 Å². The average molecular weight is 303 g/mol. The van der Waals surface area contributed by atoms with Crippen LogP contribution in [0.25, 0.3) is 0 Å². The van der Waals surface area contributed by atoms with Gasteiger partial charge in [-0.1, -0.05) is 15.9 Å². The van der Waals surface area contributed by atoms with Crippen LogP contribution in [0.15, 0.2) is 22.7 Å². The minimum atomic E-state index is -0.919. The number of benzene rings is 1. The van der Waals surface area contributed by atoms with Gasteiger partial charge in [-0.25, -0.2) is 0 Å². The largest absolute Gasteiger partial charge is 0.493 e. The number of aliphatic hydroxyl groups is 1. The van der Waals surface area contributed by atoms with Crippen LogP contribution < -0.4 is 4.74 Å². The van der Waals surface area contributed by atoms with Gasteiger partial charge < -0.3 is 14.9 Å². The minimum Gasteiger partial charge on any atom is -0.493 e. The molecule has 0 aliphatic rings. The first-order chi connectivity index (χ1) is 8.04. The lowest BCUT2D eigenvalue weighted by Gasteiger charge is -2.15. The molecule has 0 aliphatic heterocycles. The second-order valence-corrected chi connectivity index (χ2v) is 4.48. The summed E-state index contributed by atoms with van der Waals surface area (Å²) in [6.45, 7) is 2.36. The van der Waals surface area contributed by atoms with Crippen LogP contribution in [-0.2, 0) is 4.79 Å². The predicted octanol–water partition coefficient (Wildman–Crippen LogP) is 2.75. The highest BCUT2D eigenvalue weighted by Crippen LogP contribution is 2.31. The zero-order valence-electron chi connectivity index (χ0n) is 9.52. The molecular formula is C12H15BrO4. The summed E-state index contributed by atoms with van der Waals surface area (Å²) in [5.41, 5.74) is 0.613. The third-order valence-electron chi connectivity index (χ3n) is 2.26. The van der Waals surface area contributed by atoms with Crippen LogP contribution in [0, 0.1) is 0 Å². The maximum absolute atomic E-state index is 10.5. The summed E-state index contributed by atoms with van der Waals surface area (Å²) in [6.07, 6.45) is -0.726. The molecule has 0 aromatic heterocycles. The molecule has 1 atom stereocenters. The summed E-state index contributed by atoms with van der Waals surface area (Å²) in [4.78, 5) is 10.5. The van der Waals surface area contributed by atoms with Crippen molar-refractivity contribution in [2.45, 2.75) is 25.9 Å². The van der Waals surface area contributed by atoms with Crippen molar-refractivity contribution in [3.05, 3.63) is 28.2 Å². The van der Waals surface area contributed by atoms with Gasteiger partial charge in [-0.15, -0.1) is 0 Å². The van der Waals surface area contributed by atoms with Gasteiger partial charge in [-0.2, -0.15) is 0 Å². The van der Waals surface area contributed by atoms with Gasteiger partial charge in [0.25, 0.3) is 0 Å². The Morgan fingerprint density at radius 2 is 2.24 bits per heavy atom. The molecule has 4 nitrogen and oxygen atoms in total. The van der Waals surface area contributed by atoms with E-state index in [0.29, 0.717) is 17.9 Å². The van der Waals surface area contributed by atoms with E-state index in [1.54, 1.807) is 12.1 Å². The van der Waals surface area contributed by atoms with Gasteiger partial charge in [-0.3, -0.25) is 4.79 Å². The van der Waals surface area contributed by atoms with E-state index < -0.39 is 12.1 Å². The van der Waals surface area contributed by atoms with Gasteiger partial charge in [0.1, 0.15) is 5.75 Å². The number of hydrogen-bond donors (Lipinski definition) is 2. The summed E-state index contributed by atoms with van der Waals surface area (Å²) < 4.78 is 6.22. The highest BCUT2D eigenvalue weighted by Gasteiger charge is 2.15. The van der Waals surface area contributed by atoms with E-state index in [2.05, 4.69) is 15.9 Å². The van der Waals surface area contributed by atoms with Crippen LogP contribution >= 0.6 is 15.9 Å². The number of halogens is 1. The van der Waals surface area contributed by atoms with Crippen molar-refractivity contribution in [1.29, 1.82) is 0 Å². The Balaban J connectivity index is 2.85. The Labute approximate surface area is 108 Å². The number of rotatable bonds is 6. The molecule has 0 spiro atoms. The Morgan fingerprint density at radius 1 is 1.53 bits per heavy atom. The number of hydrogen-bond acceptors (Lipinski definition) is 3. The Bertz CT molecular complexity index is 392. The van der Waals surface area contributed by atoms with Gasteiger partial charge in [0, 0.05) is 16.5 Å². The predicted molar refractivity (Wildman–Crippen MR) is 67.1 cm³/mol. The summed E-state index contributed by atoms with van der Waals surface area (Å²) in [5, 5.41) is 18.5. The molecule has 0 aliphatic carbocycles. The highest BCUT2D eigenvalue weighted by molar-refractivity contribution is 9.10. The summed E-state index contributed by atoms with van der Waals surface area (Å²) in [6, 6.07) is 5.32. The summed E-state index contributed by atoms with van der Waals surface area (Å²) in [7, 11) is 0. The van der Waals surface area contributed by atoms with Crippen molar-refractivity contribution in [2.24, 2.45) is 0 Å². The summed E-state index contributed by atoms with van der Waals surface area (Å²) in [5.74, 6) is -0.328. The van der Waals surface area contributed by atoms with Gasteiger partial charge in [0.05, 0.1) is 12.7 Å². The molecule has 0 radical (unpaired) electrons. The molecule has 5 heteroatoms. The van der Waals surface area contributed by atoms with Crippen molar-refractivity contribution in [3.8, 4) is 5.75 Å².